The molecule has 2 aromatic carbocycles. The van der Waals surface area contributed by atoms with E-state index in [1.807, 2.05) is 42.5 Å². The maximum absolute atomic E-state index is 12.1. The smallest absolute Gasteiger partial charge is 0.251 e. The molecule has 4 nitrogen and oxygen atoms in total. The van der Waals surface area contributed by atoms with Gasteiger partial charge in [-0.1, -0.05) is 48.5 Å². The molecule has 0 aliphatic heterocycles. The fraction of sp³-hybridized carbons (Fsp3) is 0.111. The number of rotatable bonds is 6. The van der Waals surface area contributed by atoms with Gasteiger partial charge in [0, 0.05) is 5.56 Å². The van der Waals surface area contributed by atoms with Crippen LogP contribution in [0.1, 0.15) is 16.8 Å². The molecule has 0 spiro atoms. The van der Waals surface area contributed by atoms with Crippen LogP contribution in [0.3, 0.4) is 0 Å². The molecule has 0 aliphatic carbocycles. The lowest BCUT2D eigenvalue weighted by atomic mass is 10.0. The van der Waals surface area contributed by atoms with Crippen LogP contribution < -0.4 is 11.1 Å². The molecule has 2 rings (SSSR count). The molecular weight excluding hydrogens is 276 g/mol. The quantitative estimate of drug-likeness (QED) is 0.803. The molecular formula is C18H18N2O2. The minimum absolute atomic E-state index is 0.309. The first-order chi connectivity index (χ1) is 10.6. The van der Waals surface area contributed by atoms with Crippen LogP contribution in [0.2, 0.25) is 0 Å². The van der Waals surface area contributed by atoms with E-state index in [2.05, 4.69) is 11.9 Å². The lowest BCUT2D eigenvalue weighted by Gasteiger charge is -2.13. The molecule has 3 N–H and O–H groups in total. The minimum Gasteiger partial charge on any atom is -0.368 e. The van der Waals surface area contributed by atoms with Gasteiger partial charge in [0.05, 0.1) is 0 Å². The van der Waals surface area contributed by atoms with Crippen molar-refractivity contribution in [2.45, 2.75) is 12.5 Å². The maximum Gasteiger partial charge on any atom is 0.251 e. The number of primary amides is 1. The van der Waals surface area contributed by atoms with Gasteiger partial charge in [-0.2, -0.15) is 0 Å². The van der Waals surface area contributed by atoms with Gasteiger partial charge in [0.15, 0.2) is 0 Å². The largest absolute Gasteiger partial charge is 0.368 e. The SMILES string of the molecule is C=CC[C@H](NC(=O)c1ccc(-c2ccccc2)cc1)C(N)=O. The maximum atomic E-state index is 12.1. The van der Waals surface area contributed by atoms with Crippen molar-refractivity contribution in [1.82, 2.24) is 5.32 Å². The Morgan fingerprint density at radius 2 is 1.64 bits per heavy atom. The summed E-state index contributed by atoms with van der Waals surface area (Å²) >= 11 is 0. The summed E-state index contributed by atoms with van der Waals surface area (Å²) in [5.74, 6) is -0.903. The van der Waals surface area contributed by atoms with Crippen LogP contribution in [0, 0.1) is 0 Å². The Balaban J connectivity index is 2.11. The van der Waals surface area contributed by atoms with Crippen LogP contribution in [0.4, 0.5) is 0 Å². The highest BCUT2D eigenvalue weighted by atomic mass is 16.2. The minimum atomic E-state index is -0.737. The highest BCUT2D eigenvalue weighted by molar-refractivity contribution is 5.97. The van der Waals surface area contributed by atoms with E-state index in [1.54, 1.807) is 18.2 Å². The van der Waals surface area contributed by atoms with E-state index in [9.17, 15) is 9.59 Å². The highest BCUT2D eigenvalue weighted by Crippen LogP contribution is 2.19. The van der Waals surface area contributed by atoms with Crippen molar-refractivity contribution < 1.29 is 9.59 Å². The summed E-state index contributed by atoms with van der Waals surface area (Å²) in [6, 6.07) is 16.3. The molecule has 1 atom stereocenters. The molecule has 0 bridgehead atoms. The first kappa shape index (κ1) is 15.5. The second kappa shape index (κ2) is 7.22. The highest BCUT2D eigenvalue weighted by Gasteiger charge is 2.17. The van der Waals surface area contributed by atoms with Crippen molar-refractivity contribution in [3.63, 3.8) is 0 Å². The zero-order valence-electron chi connectivity index (χ0n) is 12.2. The van der Waals surface area contributed by atoms with E-state index in [-0.39, 0.29) is 5.91 Å². The van der Waals surface area contributed by atoms with Gasteiger partial charge < -0.3 is 11.1 Å². The number of carbonyl (C=O) groups is 2. The third-order valence-electron chi connectivity index (χ3n) is 3.31. The average molecular weight is 294 g/mol. The predicted molar refractivity (Wildman–Crippen MR) is 87.1 cm³/mol. The Morgan fingerprint density at radius 1 is 1.05 bits per heavy atom. The van der Waals surface area contributed by atoms with Gasteiger partial charge in [-0.3, -0.25) is 9.59 Å². The van der Waals surface area contributed by atoms with Crippen LogP contribution in [0.15, 0.2) is 67.3 Å². The van der Waals surface area contributed by atoms with Gasteiger partial charge >= 0.3 is 0 Å². The fourth-order valence-corrected chi connectivity index (χ4v) is 2.10. The predicted octanol–water partition coefficient (Wildman–Crippen LogP) is 2.51. The molecule has 2 amide bonds. The number of hydrogen-bond donors (Lipinski definition) is 2. The number of amides is 2. The zero-order valence-corrected chi connectivity index (χ0v) is 12.2. The summed E-state index contributed by atoms with van der Waals surface area (Å²) < 4.78 is 0. The van der Waals surface area contributed by atoms with Crippen molar-refractivity contribution in [1.29, 1.82) is 0 Å². The average Bonchev–Trinajstić information content (AvgIpc) is 2.55. The summed E-state index contributed by atoms with van der Waals surface area (Å²) in [5, 5.41) is 2.61. The molecule has 0 aromatic heterocycles. The van der Waals surface area contributed by atoms with E-state index in [4.69, 9.17) is 5.73 Å². The summed E-state index contributed by atoms with van der Waals surface area (Å²) in [7, 11) is 0. The van der Waals surface area contributed by atoms with Gasteiger partial charge in [-0.25, -0.2) is 0 Å². The van der Waals surface area contributed by atoms with E-state index in [0.29, 0.717) is 12.0 Å². The van der Waals surface area contributed by atoms with Crippen molar-refractivity contribution in [3.05, 3.63) is 72.8 Å². The van der Waals surface area contributed by atoms with E-state index >= 15 is 0 Å². The number of nitrogens with two attached hydrogens (primary N) is 1. The summed E-state index contributed by atoms with van der Waals surface area (Å²) in [6.45, 7) is 3.55. The first-order valence-electron chi connectivity index (χ1n) is 6.98. The summed E-state index contributed by atoms with van der Waals surface area (Å²) in [5.41, 5.74) is 7.83. The van der Waals surface area contributed by atoms with Gasteiger partial charge in [0.2, 0.25) is 5.91 Å². The van der Waals surface area contributed by atoms with Crippen molar-refractivity contribution in [2.75, 3.05) is 0 Å². The molecule has 0 heterocycles. The fourth-order valence-electron chi connectivity index (χ4n) is 2.10. The molecule has 0 aliphatic rings. The van der Waals surface area contributed by atoms with E-state index in [0.717, 1.165) is 11.1 Å². The van der Waals surface area contributed by atoms with Gasteiger partial charge in [-0.15, -0.1) is 6.58 Å². The third kappa shape index (κ3) is 3.82. The lowest BCUT2D eigenvalue weighted by molar-refractivity contribution is -0.119. The second-order valence-electron chi connectivity index (χ2n) is 4.90. The molecule has 0 saturated heterocycles. The Morgan fingerprint density at radius 3 is 2.18 bits per heavy atom. The normalized spacial score (nSPS) is 11.5. The Bertz CT molecular complexity index is 663. The van der Waals surface area contributed by atoms with Crippen LogP contribution in [0.5, 0.6) is 0 Å². The van der Waals surface area contributed by atoms with Crippen LogP contribution in [-0.2, 0) is 4.79 Å². The topological polar surface area (TPSA) is 72.2 Å². The second-order valence-corrected chi connectivity index (χ2v) is 4.90. The molecule has 0 saturated carbocycles. The Kier molecular flexibility index (Phi) is 5.09. The monoisotopic (exact) mass is 294 g/mol. The number of carbonyl (C=O) groups excluding carboxylic acids is 2. The van der Waals surface area contributed by atoms with Crippen LogP contribution in [0.25, 0.3) is 11.1 Å². The number of benzene rings is 2. The lowest BCUT2D eigenvalue weighted by Crippen LogP contribution is -2.44. The van der Waals surface area contributed by atoms with Gasteiger partial charge in [0.25, 0.3) is 5.91 Å². The molecule has 112 valence electrons. The Labute approximate surface area is 129 Å². The number of hydrogen-bond acceptors (Lipinski definition) is 2. The molecule has 4 heteroatoms. The Hall–Kier alpha value is -2.88. The molecule has 22 heavy (non-hydrogen) atoms. The molecule has 0 unspecified atom stereocenters. The number of nitrogens with one attached hydrogen (secondary N) is 1. The third-order valence-corrected chi connectivity index (χ3v) is 3.31. The molecule has 2 aromatic rings. The summed E-state index contributed by atoms with van der Waals surface area (Å²) in [4.78, 5) is 23.4. The zero-order chi connectivity index (χ0) is 15.9. The molecule has 0 radical (unpaired) electrons. The van der Waals surface area contributed by atoms with Crippen LogP contribution in [-0.4, -0.2) is 17.9 Å². The van der Waals surface area contributed by atoms with E-state index in [1.165, 1.54) is 0 Å². The molecule has 0 fully saturated rings. The first-order valence-corrected chi connectivity index (χ1v) is 6.98. The van der Waals surface area contributed by atoms with Gasteiger partial charge in [0.1, 0.15) is 6.04 Å². The van der Waals surface area contributed by atoms with E-state index < -0.39 is 11.9 Å². The van der Waals surface area contributed by atoms with Crippen molar-refractivity contribution in [2.24, 2.45) is 5.73 Å². The van der Waals surface area contributed by atoms with Crippen LogP contribution >= 0.6 is 0 Å². The standard InChI is InChI=1S/C18H18N2O2/c1-2-6-16(17(19)21)20-18(22)15-11-9-14(10-12-15)13-7-4-3-5-8-13/h2-5,7-12,16H,1,6H2,(H2,19,21)(H,20,22)/t16-/m0/s1. The van der Waals surface area contributed by atoms with Crippen molar-refractivity contribution >= 4 is 11.8 Å². The van der Waals surface area contributed by atoms with Gasteiger partial charge in [-0.05, 0) is 29.7 Å². The van der Waals surface area contributed by atoms with Crippen molar-refractivity contribution in [3.8, 4) is 11.1 Å². The summed E-state index contributed by atoms with van der Waals surface area (Å²) in [6.07, 6.45) is 1.86.